The van der Waals surface area contributed by atoms with Gasteiger partial charge in [0.2, 0.25) is 0 Å². The second-order valence-electron chi connectivity index (χ2n) is 7.46. The molecule has 0 amide bonds. The number of hydrogen-bond acceptors (Lipinski definition) is 2. The van der Waals surface area contributed by atoms with E-state index in [2.05, 4.69) is 64.8 Å². The van der Waals surface area contributed by atoms with Crippen LogP contribution in [0.3, 0.4) is 0 Å². The van der Waals surface area contributed by atoms with Crippen LogP contribution in [0.1, 0.15) is 38.7 Å². The van der Waals surface area contributed by atoms with Gasteiger partial charge < -0.3 is 20.5 Å². The molecule has 2 heterocycles. The molecule has 5 nitrogen and oxygen atoms in total. The molecule has 0 atom stereocenters. The number of rotatable bonds is 8. The standard InChI is InChI=1S/C22H35N5.HI/c1-3-23-22(24-13-9-18-11-15-27(4-2)16-12-18)25-14-10-19-17-26-21-8-6-5-7-20(19)21;/h5-8,17-18,26H,3-4,9-16H2,1-2H3,(H2,23,24,25);1H. The van der Waals surface area contributed by atoms with Crippen molar-refractivity contribution in [3.05, 3.63) is 36.0 Å². The average molecular weight is 497 g/mol. The fourth-order valence-electron chi connectivity index (χ4n) is 3.95. The lowest BCUT2D eigenvalue weighted by molar-refractivity contribution is 0.188. The molecule has 0 spiro atoms. The maximum atomic E-state index is 4.80. The first kappa shape index (κ1) is 23.0. The predicted octanol–water partition coefficient (Wildman–Crippen LogP) is 4.01. The average Bonchev–Trinajstić information content (AvgIpc) is 3.12. The minimum Gasteiger partial charge on any atom is -0.361 e. The third-order valence-corrected chi connectivity index (χ3v) is 5.67. The first-order valence-corrected chi connectivity index (χ1v) is 10.6. The summed E-state index contributed by atoms with van der Waals surface area (Å²) in [6, 6.07) is 8.49. The summed E-state index contributed by atoms with van der Waals surface area (Å²) in [5, 5.41) is 8.19. The summed E-state index contributed by atoms with van der Waals surface area (Å²) in [6.07, 6.45) is 6.97. The zero-order valence-electron chi connectivity index (χ0n) is 17.3. The molecule has 1 aliphatic heterocycles. The lowest BCUT2D eigenvalue weighted by atomic mass is 9.94. The van der Waals surface area contributed by atoms with Crippen LogP contribution in [0.2, 0.25) is 0 Å². The van der Waals surface area contributed by atoms with Crippen molar-refractivity contribution in [2.75, 3.05) is 39.3 Å². The molecular formula is C22H36IN5. The van der Waals surface area contributed by atoms with E-state index in [1.165, 1.54) is 55.4 Å². The van der Waals surface area contributed by atoms with Crippen molar-refractivity contribution in [1.82, 2.24) is 20.5 Å². The smallest absolute Gasteiger partial charge is 0.191 e. The highest BCUT2D eigenvalue weighted by atomic mass is 127. The molecule has 0 unspecified atom stereocenters. The van der Waals surface area contributed by atoms with E-state index < -0.39 is 0 Å². The van der Waals surface area contributed by atoms with Gasteiger partial charge in [-0.3, -0.25) is 4.99 Å². The molecule has 156 valence electrons. The van der Waals surface area contributed by atoms with Gasteiger partial charge in [0.25, 0.3) is 0 Å². The van der Waals surface area contributed by atoms with Crippen molar-refractivity contribution in [2.24, 2.45) is 10.9 Å². The summed E-state index contributed by atoms with van der Waals surface area (Å²) in [7, 11) is 0. The molecule has 0 saturated carbocycles. The number of H-pyrrole nitrogens is 1. The van der Waals surface area contributed by atoms with Gasteiger partial charge in [-0.15, -0.1) is 24.0 Å². The van der Waals surface area contributed by atoms with E-state index in [0.29, 0.717) is 0 Å². The minimum atomic E-state index is 0. The number of aliphatic imine (C=N–C) groups is 1. The van der Waals surface area contributed by atoms with E-state index in [0.717, 1.165) is 37.9 Å². The van der Waals surface area contributed by atoms with Crippen LogP contribution >= 0.6 is 24.0 Å². The zero-order chi connectivity index (χ0) is 18.9. The van der Waals surface area contributed by atoms with E-state index in [1.807, 2.05) is 0 Å². The molecule has 3 N–H and O–H groups in total. The summed E-state index contributed by atoms with van der Waals surface area (Å²) in [6.45, 7) is 10.8. The molecule has 1 aromatic heterocycles. The van der Waals surface area contributed by atoms with E-state index >= 15 is 0 Å². The Labute approximate surface area is 186 Å². The lowest BCUT2D eigenvalue weighted by Crippen LogP contribution is -2.38. The second-order valence-corrected chi connectivity index (χ2v) is 7.46. The van der Waals surface area contributed by atoms with Gasteiger partial charge in [-0.1, -0.05) is 25.1 Å². The van der Waals surface area contributed by atoms with Gasteiger partial charge in [0.1, 0.15) is 0 Å². The number of halogens is 1. The Bertz CT molecular complexity index is 719. The summed E-state index contributed by atoms with van der Waals surface area (Å²) >= 11 is 0. The highest BCUT2D eigenvalue weighted by molar-refractivity contribution is 14.0. The van der Waals surface area contributed by atoms with Crippen molar-refractivity contribution < 1.29 is 0 Å². The molecule has 1 aliphatic rings. The van der Waals surface area contributed by atoms with Crippen LogP contribution in [-0.4, -0.2) is 55.1 Å². The Hall–Kier alpha value is -1.28. The van der Waals surface area contributed by atoms with Gasteiger partial charge >= 0.3 is 0 Å². The van der Waals surface area contributed by atoms with Crippen LogP contribution in [0.15, 0.2) is 35.5 Å². The van der Waals surface area contributed by atoms with Crippen LogP contribution in [0.4, 0.5) is 0 Å². The Balaban J connectivity index is 0.00000280. The van der Waals surface area contributed by atoms with E-state index in [-0.39, 0.29) is 24.0 Å². The van der Waals surface area contributed by atoms with Gasteiger partial charge in [0.05, 0.1) is 0 Å². The second kappa shape index (κ2) is 12.3. The molecule has 0 aliphatic carbocycles. The van der Waals surface area contributed by atoms with Crippen molar-refractivity contribution in [3.63, 3.8) is 0 Å². The SMILES string of the molecule is CCNC(=NCCC1CCN(CC)CC1)NCCc1c[nH]c2ccccc12.I. The van der Waals surface area contributed by atoms with Crippen molar-refractivity contribution >= 4 is 40.8 Å². The number of aromatic amines is 1. The number of para-hydroxylation sites is 1. The molecule has 3 rings (SSSR count). The number of aromatic nitrogens is 1. The van der Waals surface area contributed by atoms with Gasteiger partial charge in [-0.05, 0) is 69.8 Å². The van der Waals surface area contributed by atoms with Gasteiger partial charge in [0.15, 0.2) is 5.96 Å². The summed E-state index contributed by atoms with van der Waals surface area (Å²) in [5.41, 5.74) is 2.57. The van der Waals surface area contributed by atoms with Gasteiger partial charge in [-0.25, -0.2) is 0 Å². The molecule has 0 radical (unpaired) electrons. The molecule has 1 aromatic carbocycles. The predicted molar refractivity (Wildman–Crippen MR) is 131 cm³/mol. The first-order chi connectivity index (χ1) is 13.3. The lowest BCUT2D eigenvalue weighted by Gasteiger charge is -2.30. The van der Waals surface area contributed by atoms with E-state index in [9.17, 15) is 0 Å². The number of piperidine rings is 1. The molecule has 0 bridgehead atoms. The number of benzene rings is 1. The van der Waals surface area contributed by atoms with Gasteiger partial charge in [0, 0.05) is 36.7 Å². The number of guanidine groups is 1. The van der Waals surface area contributed by atoms with Crippen LogP contribution in [0, 0.1) is 5.92 Å². The fourth-order valence-corrected chi connectivity index (χ4v) is 3.95. The third kappa shape index (κ3) is 6.65. The maximum Gasteiger partial charge on any atom is 0.191 e. The summed E-state index contributed by atoms with van der Waals surface area (Å²) in [5.74, 6) is 1.79. The highest BCUT2D eigenvalue weighted by Crippen LogP contribution is 2.20. The Kier molecular flexibility index (Phi) is 10.1. The van der Waals surface area contributed by atoms with Crippen LogP contribution in [-0.2, 0) is 6.42 Å². The minimum absolute atomic E-state index is 0. The number of hydrogen-bond donors (Lipinski definition) is 3. The Morgan fingerprint density at radius 3 is 2.71 bits per heavy atom. The maximum absolute atomic E-state index is 4.80. The topological polar surface area (TPSA) is 55.5 Å². The molecule has 6 heteroatoms. The van der Waals surface area contributed by atoms with E-state index in [4.69, 9.17) is 4.99 Å². The fraction of sp³-hybridized carbons (Fsp3) is 0.591. The number of nitrogens with one attached hydrogen (secondary N) is 3. The third-order valence-electron chi connectivity index (χ3n) is 5.67. The van der Waals surface area contributed by atoms with E-state index in [1.54, 1.807) is 0 Å². The molecule has 1 fully saturated rings. The zero-order valence-corrected chi connectivity index (χ0v) is 19.7. The number of nitrogens with zero attached hydrogens (tertiary/aromatic N) is 2. The molecule has 1 saturated heterocycles. The largest absolute Gasteiger partial charge is 0.361 e. The quantitative estimate of drug-likeness (QED) is 0.294. The van der Waals surface area contributed by atoms with Crippen LogP contribution in [0.25, 0.3) is 10.9 Å². The van der Waals surface area contributed by atoms with Crippen molar-refractivity contribution in [1.29, 1.82) is 0 Å². The molecule has 2 aromatic rings. The number of likely N-dealkylation sites (tertiary alicyclic amines) is 1. The first-order valence-electron chi connectivity index (χ1n) is 10.6. The number of fused-ring (bicyclic) bond motifs is 1. The Morgan fingerprint density at radius 1 is 1.18 bits per heavy atom. The van der Waals surface area contributed by atoms with Crippen molar-refractivity contribution in [2.45, 2.75) is 39.5 Å². The monoisotopic (exact) mass is 497 g/mol. The highest BCUT2D eigenvalue weighted by Gasteiger charge is 2.17. The van der Waals surface area contributed by atoms with Crippen molar-refractivity contribution in [3.8, 4) is 0 Å². The molecular weight excluding hydrogens is 461 g/mol. The Morgan fingerprint density at radius 2 is 1.96 bits per heavy atom. The van der Waals surface area contributed by atoms with Crippen LogP contribution < -0.4 is 10.6 Å². The molecule has 28 heavy (non-hydrogen) atoms. The normalized spacial score (nSPS) is 16.1. The summed E-state index contributed by atoms with van der Waals surface area (Å²) < 4.78 is 0. The summed E-state index contributed by atoms with van der Waals surface area (Å²) in [4.78, 5) is 10.7. The van der Waals surface area contributed by atoms with Crippen LogP contribution in [0.5, 0.6) is 0 Å². The van der Waals surface area contributed by atoms with Gasteiger partial charge in [-0.2, -0.15) is 0 Å².